The lowest BCUT2D eigenvalue weighted by atomic mass is 10.1. The lowest BCUT2D eigenvalue weighted by Crippen LogP contribution is -2.18. The quantitative estimate of drug-likeness (QED) is 0.414. The average Bonchev–Trinajstić information content (AvgIpc) is 2.20. The zero-order chi connectivity index (χ0) is 12.5. The Bertz CT molecular complexity index is 425. The number of nitrogens with two attached hydrogens (primary N) is 1. The highest BCUT2D eigenvalue weighted by atomic mass is 19.3. The minimum absolute atomic E-state index is 0.322. The summed E-state index contributed by atoms with van der Waals surface area (Å²) in [7, 11) is 0. The highest BCUT2D eigenvalue weighted by Gasteiger charge is 2.24. The molecule has 0 aliphatic heterocycles. The molecule has 6 nitrogen and oxygen atoms in total. The van der Waals surface area contributed by atoms with E-state index in [0.29, 0.717) is 6.07 Å². The molecule has 0 bridgehead atoms. The standard InChI is InChI=1S/C8H8F2N2O4/c9-8(10)6(11)3-1-4(12(15)16)7(14)5(13)2-3/h1-2,6,8,13-14H,11H2/t6-/m0/s1. The molecule has 0 fully saturated rings. The van der Waals surface area contributed by atoms with Gasteiger partial charge in [-0.3, -0.25) is 10.1 Å². The van der Waals surface area contributed by atoms with E-state index >= 15 is 0 Å². The Hall–Kier alpha value is -1.96. The summed E-state index contributed by atoms with van der Waals surface area (Å²) in [6.45, 7) is 0. The smallest absolute Gasteiger partial charge is 0.314 e. The van der Waals surface area contributed by atoms with Crippen molar-refractivity contribution in [2.75, 3.05) is 0 Å². The van der Waals surface area contributed by atoms with Gasteiger partial charge in [-0.25, -0.2) is 8.78 Å². The van der Waals surface area contributed by atoms with E-state index in [1.807, 2.05) is 0 Å². The van der Waals surface area contributed by atoms with Gasteiger partial charge in [-0.05, 0) is 11.6 Å². The van der Waals surface area contributed by atoms with Crippen LogP contribution in [0, 0.1) is 10.1 Å². The van der Waals surface area contributed by atoms with Crippen LogP contribution in [0.25, 0.3) is 0 Å². The number of rotatable bonds is 3. The van der Waals surface area contributed by atoms with Crippen LogP contribution in [0.1, 0.15) is 11.6 Å². The number of phenols is 2. The van der Waals surface area contributed by atoms with Crippen molar-refractivity contribution in [1.82, 2.24) is 0 Å². The number of nitro groups is 1. The van der Waals surface area contributed by atoms with Crippen molar-refractivity contribution in [1.29, 1.82) is 0 Å². The van der Waals surface area contributed by atoms with Crippen LogP contribution in [0.5, 0.6) is 11.5 Å². The fourth-order valence-corrected chi connectivity index (χ4v) is 1.10. The van der Waals surface area contributed by atoms with Gasteiger partial charge >= 0.3 is 5.69 Å². The van der Waals surface area contributed by atoms with Gasteiger partial charge in [0.1, 0.15) is 0 Å². The van der Waals surface area contributed by atoms with Crippen LogP contribution in [0.15, 0.2) is 12.1 Å². The number of halogens is 2. The van der Waals surface area contributed by atoms with E-state index in [1.165, 1.54) is 0 Å². The number of aromatic hydroxyl groups is 2. The largest absolute Gasteiger partial charge is 0.504 e. The number of nitro benzene ring substituents is 1. The number of benzene rings is 1. The molecule has 0 radical (unpaired) electrons. The van der Waals surface area contributed by atoms with E-state index in [2.05, 4.69) is 0 Å². The Morgan fingerprint density at radius 3 is 2.38 bits per heavy atom. The summed E-state index contributed by atoms with van der Waals surface area (Å²) in [4.78, 5) is 9.42. The van der Waals surface area contributed by atoms with Gasteiger partial charge in [0.2, 0.25) is 5.75 Å². The second kappa shape index (κ2) is 4.27. The highest BCUT2D eigenvalue weighted by Crippen LogP contribution is 2.38. The molecule has 4 N–H and O–H groups in total. The lowest BCUT2D eigenvalue weighted by Gasteiger charge is -2.11. The van der Waals surface area contributed by atoms with Crippen LogP contribution in [-0.4, -0.2) is 21.6 Å². The molecular formula is C8H8F2N2O4. The third-order valence-electron chi connectivity index (χ3n) is 1.95. The SMILES string of the molecule is N[C@@H](c1cc(O)c(O)c([N+](=O)[O-])c1)C(F)F. The van der Waals surface area contributed by atoms with Crippen LogP contribution < -0.4 is 5.73 Å². The molecule has 0 aliphatic carbocycles. The maximum absolute atomic E-state index is 12.2. The molecule has 1 aromatic carbocycles. The summed E-state index contributed by atoms with van der Waals surface area (Å²) in [5.41, 5.74) is 3.87. The van der Waals surface area contributed by atoms with Gasteiger partial charge in [-0.2, -0.15) is 0 Å². The van der Waals surface area contributed by atoms with Crippen LogP contribution in [-0.2, 0) is 0 Å². The Labute approximate surface area is 88.1 Å². The maximum atomic E-state index is 12.2. The van der Waals surface area contributed by atoms with Crippen molar-refractivity contribution in [2.45, 2.75) is 12.5 Å². The molecule has 16 heavy (non-hydrogen) atoms. The molecule has 0 saturated heterocycles. The maximum Gasteiger partial charge on any atom is 0.314 e. The Morgan fingerprint density at radius 1 is 1.38 bits per heavy atom. The van der Waals surface area contributed by atoms with Crippen LogP contribution in [0.2, 0.25) is 0 Å². The fraction of sp³-hybridized carbons (Fsp3) is 0.250. The molecule has 8 heteroatoms. The second-order valence-corrected chi connectivity index (χ2v) is 3.03. The third-order valence-corrected chi connectivity index (χ3v) is 1.95. The molecule has 0 unspecified atom stereocenters. The summed E-state index contributed by atoms with van der Waals surface area (Å²) in [5, 5.41) is 28.6. The average molecular weight is 234 g/mol. The first kappa shape index (κ1) is 12.1. The van der Waals surface area contributed by atoms with E-state index in [4.69, 9.17) is 15.9 Å². The molecular weight excluding hydrogens is 226 g/mol. The lowest BCUT2D eigenvalue weighted by molar-refractivity contribution is -0.386. The van der Waals surface area contributed by atoms with Gasteiger partial charge in [0.25, 0.3) is 6.43 Å². The number of hydrogen-bond donors (Lipinski definition) is 3. The molecule has 0 aromatic heterocycles. The molecule has 1 rings (SSSR count). The zero-order valence-electron chi connectivity index (χ0n) is 7.80. The first-order chi connectivity index (χ1) is 7.34. The molecule has 1 aromatic rings. The van der Waals surface area contributed by atoms with Crippen LogP contribution in [0.3, 0.4) is 0 Å². The number of nitrogens with zero attached hydrogens (tertiary/aromatic N) is 1. The summed E-state index contributed by atoms with van der Waals surface area (Å²) >= 11 is 0. The van der Waals surface area contributed by atoms with E-state index in [1.54, 1.807) is 0 Å². The monoisotopic (exact) mass is 234 g/mol. The fourth-order valence-electron chi connectivity index (χ4n) is 1.10. The van der Waals surface area contributed by atoms with E-state index < -0.39 is 34.6 Å². The van der Waals surface area contributed by atoms with Gasteiger partial charge in [-0.15, -0.1) is 0 Å². The van der Waals surface area contributed by atoms with Crippen molar-refractivity contribution in [3.63, 3.8) is 0 Å². The Morgan fingerprint density at radius 2 is 1.94 bits per heavy atom. The highest BCUT2D eigenvalue weighted by molar-refractivity contribution is 5.57. The van der Waals surface area contributed by atoms with E-state index in [9.17, 15) is 18.9 Å². The number of hydrogen-bond acceptors (Lipinski definition) is 5. The normalized spacial score (nSPS) is 12.8. The summed E-state index contributed by atoms with van der Waals surface area (Å²) < 4.78 is 24.5. The van der Waals surface area contributed by atoms with E-state index in [-0.39, 0.29) is 5.56 Å². The van der Waals surface area contributed by atoms with Crippen molar-refractivity contribution < 1.29 is 23.9 Å². The Balaban J connectivity index is 3.29. The van der Waals surface area contributed by atoms with Gasteiger partial charge in [0.15, 0.2) is 5.75 Å². The molecule has 0 spiro atoms. The summed E-state index contributed by atoms with van der Waals surface area (Å²) in [6, 6.07) is -0.296. The van der Waals surface area contributed by atoms with Crippen molar-refractivity contribution in [3.05, 3.63) is 27.8 Å². The van der Waals surface area contributed by atoms with Gasteiger partial charge < -0.3 is 15.9 Å². The number of alkyl halides is 2. The van der Waals surface area contributed by atoms with E-state index in [0.717, 1.165) is 6.07 Å². The molecule has 0 heterocycles. The van der Waals surface area contributed by atoms with Crippen LogP contribution in [0.4, 0.5) is 14.5 Å². The minimum atomic E-state index is -2.93. The van der Waals surface area contributed by atoms with Crippen molar-refractivity contribution >= 4 is 5.69 Å². The Kier molecular flexibility index (Phi) is 3.23. The topological polar surface area (TPSA) is 110 Å². The molecule has 1 atom stereocenters. The molecule has 0 amide bonds. The predicted octanol–water partition coefficient (Wildman–Crippen LogP) is 1.27. The van der Waals surface area contributed by atoms with Gasteiger partial charge in [0.05, 0.1) is 11.0 Å². The van der Waals surface area contributed by atoms with Gasteiger partial charge in [-0.1, -0.05) is 0 Å². The minimum Gasteiger partial charge on any atom is -0.504 e. The van der Waals surface area contributed by atoms with Gasteiger partial charge in [0, 0.05) is 6.07 Å². The molecule has 0 saturated carbocycles. The third kappa shape index (κ3) is 2.16. The number of phenolic OH excluding ortho intramolecular Hbond substituents is 2. The first-order valence-electron chi connectivity index (χ1n) is 4.08. The summed E-state index contributed by atoms with van der Waals surface area (Å²) in [5.74, 6) is -1.84. The second-order valence-electron chi connectivity index (χ2n) is 3.03. The van der Waals surface area contributed by atoms with Crippen molar-refractivity contribution in [3.8, 4) is 11.5 Å². The predicted molar refractivity (Wildman–Crippen MR) is 49.4 cm³/mol. The molecule has 88 valence electrons. The van der Waals surface area contributed by atoms with Crippen molar-refractivity contribution in [2.24, 2.45) is 5.73 Å². The summed E-state index contributed by atoms with van der Waals surface area (Å²) in [6.07, 6.45) is -2.93. The first-order valence-corrected chi connectivity index (χ1v) is 4.08. The van der Waals surface area contributed by atoms with Crippen LogP contribution >= 0.6 is 0 Å². The zero-order valence-corrected chi connectivity index (χ0v) is 7.80. The molecule has 0 aliphatic rings.